The Balaban J connectivity index is 0.00000106. The quantitative estimate of drug-likeness (QED) is 0.428. The highest BCUT2D eigenvalue weighted by molar-refractivity contribution is 6.01. The Morgan fingerprint density at radius 1 is 1.11 bits per heavy atom. The maximum Gasteiger partial charge on any atom is 0.256 e. The number of para-hydroxylation sites is 1. The number of ether oxygens (including phenoxy) is 1. The highest BCUT2D eigenvalue weighted by Gasteiger charge is 2.26. The van der Waals surface area contributed by atoms with Gasteiger partial charge in [0.1, 0.15) is 5.82 Å². The topological polar surface area (TPSA) is 79.0 Å². The molecule has 2 aromatic carbocycles. The van der Waals surface area contributed by atoms with Gasteiger partial charge in [-0.05, 0) is 63.4 Å². The minimum Gasteiger partial charge on any atom is -0.378 e. The van der Waals surface area contributed by atoms with Crippen molar-refractivity contribution in [3.63, 3.8) is 0 Å². The number of rotatable bonds is 8. The fourth-order valence-corrected chi connectivity index (χ4v) is 3.89. The van der Waals surface area contributed by atoms with E-state index in [-0.39, 0.29) is 30.0 Å². The Labute approximate surface area is 212 Å². The molecule has 1 fully saturated rings. The minimum atomic E-state index is -0.603. The largest absolute Gasteiger partial charge is 0.378 e. The normalized spacial score (nSPS) is 13.6. The summed E-state index contributed by atoms with van der Waals surface area (Å²) in [5.74, 6) is -1.30. The molecule has 2 aromatic rings. The number of piperidine rings is 1. The molecule has 0 aromatic heterocycles. The predicted molar refractivity (Wildman–Crippen MR) is 140 cm³/mol. The molecule has 1 saturated heterocycles. The van der Waals surface area contributed by atoms with E-state index in [1.165, 1.54) is 30.1 Å². The van der Waals surface area contributed by atoms with Gasteiger partial charge in [-0.15, -0.1) is 0 Å². The average molecular weight is 498 g/mol. The van der Waals surface area contributed by atoms with Crippen molar-refractivity contribution in [1.82, 2.24) is 10.2 Å². The van der Waals surface area contributed by atoms with Gasteiger partial charge in [-0.3, -0.25) is 14.4 Å². The smallest absolute Gasteiger partial charge is 0.256 e. The van der Waals surface area contributed by atoms with Crippen LogP contribution in [-0.2, 0) is 16.1 Å². The third-order valence-corrected chi connectivity index (χ3v) is 5.89. The molecule has 0 atom stereocenters. The average Bonchev–Trinajstić information content (AvgIpc) is 2.92. The summed E-state index contributed by atoms with van der Waals surface area (Å²) >= 11 is 0. The van der Waals surface area contributed by atoms with Gasteiger partial charge < -0.3 is 19.9 Å². The van der Waals surface area contributed by atoms with Crippen molar-refractivity contribution in [3.8, 4) is 0 Å². The third-order valence-electron chi connectivity index (χ3n) is 5.89. The van der Waals surface area contributed by atoms with Crippen molar-refractivity contribution in [2.24, 2.45) is 0 Å². The predicted octanol–water partition coefficient (Wildman–Crippen LogP) is 4.57. The fraction of sp³-hybridized carbons (Fsp3) is 0.393. The van der Waals surface area contributed by atoms with E-state index in [1.807, 2.05) is 32.9 Å². The zero-order chi connectivity index (χ0) is 26.5. The Morgan fingerprint density at radius 2 is 1.78 bits per heavy atom. The first kappa shape index (κ1) is 28.7. The standard InChI is InChI=1S/C24H28FN3O4.C4H8/c1-3-32-18-10-12-27(13-11-18)24(31)20-14-17(8-9-21(20)25)15-28(16-29)22-7-5-4-6-19(22)23(30)26-2;1-3-4-2/h4-9,14,16,18H,3,10-13,15H2,1-2H3,(H,26,30);3-4H,1-2H3/b;4-3-. The van der Waals surface area contributed by atoms with E-state index in [9.17, 15) is 18.8 Å². The summed E-state index contributed by atoms with van der Waals surface area (Å²) in [7, 11) is 1.51. The number of allylic oxidation sites excluding steroid dienone is 2. The van der Waals surface area contributed by atoms with Crippen LogP contribution in [0.1, 0.15) is 59.9 Å². The van der Waals surface area contributed by atoms with Crippen molar-refractivity contribution >= 4 is 23.9 Å². The lowest BCUT2D eigenvalue weighted by Crippen LogP contribution is -2.41. The maximum atomic E-state index is 14.5. The van der Waals surface area contributed by atoms with E-state index in [0.717, 1.165) is 12.8 Å². The van der Waals surface area contributed by atoms with Crippen LogP contribution in [0.25, 0.3) is 0 Å². The summed E-state index contributed by atoms with van der Waals surface area (Å²) in [6, 6.07) is 11.0. The van der Waals surface area contributed by atoms with Gasteiger partial charge in [-0.2, -0.15) is 0 Å². The van der Waals surface area contributed by atoms with Crippen LogP contribution in [0.4, 0.5) is 10.1 Å². The van der Waals surface area contributed by atoms with Crippen LogP contribution < -0.4 is 10.2 Å². The van der Waals surface area contributed by atoms with Gasteiger partial charge in [-0.25, -0.2) is 4.39 Å². The molecule has 7 nitrogen and oxygen atoms in total. The van der Waals surface area contributed by atoms with E-state index >= 15 is 0 Å². The monoisotopic (exact) mass is 497 g/mol. The van der Waals surface area contributed by atoms with Gasteiger partial charge in [0.25, 0.3) is 11.8 Å². The van der Waals surface area contributed by atoms with Crippen molar-refractivity contribution in [2.75, 3.05) is 31.6 Å². The van der Waals surface area contributed by atoms with Crippen molar-refractivity contribution in [1.29, 1.82) is 0 Å². The van der Waals surface area contributed by atoms with Gasteiger partial charge in [0, 0.05) is 26.7 Å². The number of nitrogens with one attached hydrogen (secondary N) is 1. The number of benzene rings is 2. The van der Waals surface area contributed by atoms with E-state index < -0.39 is 5.82 Å². The van der Waals surface area contributed by atoms with E-state index in [0.29, 0.717) is 42.9 Å². The number of amides is 3. The molecule has 0 saturated carbocycles. The Morgan fingerprint density at radius 3 is 2.36 bits per heavy atom. The highest BCUT2D eigenvalue weighted by Crippen LogP contribution is 2.23. The molecule has 1 N–H and O–H groups in total. The van der Waals surface area contributed by atoms with Crippen LogP contribution >= 0.6 is 0 Å². The first-order valence-electron chi connectivity index (χ1n) is 12.2. The first-order chi connectivity index (χ1) is 17.4. The van der Waals surface area contributed by atoms with Crippen LogP contribution in [0.3, 0.4) is 0 Å². The van der Waals surface area contributed by atoms with Crippen LogP contribution in [0.5, 0.6) is 0 Å². The lowest BCUT2D eigenvalue weighted by Gasteiger charge is -2.32. The Kier molecular flexibility index (Phi) is 11.8. The van der Waals surface area contributed by atoms with Crippen LogP contribution in [0.2, 0.25) is 0 Å². The molecular weight excluding hydrogens is 461 g/mol. The molecular formula is C28H36FN3O4. The number of halogens is 1. The first-order valence-corrected chi connectivity index (χ1v) is 12.2. The molecule has 36 heavy (non-hydrogen) atoms. The zero-order valence-corrected chi connectivity index (χ0v) is 21.5. The summed E-state index contributed by atoms with van der Waals surface area (Å²) in [5, 5.41) is 2.55. The number of carbonyl (C=O) groups is 3. The summed E-state index contributed by atoms with van der Waals surface area (Å²) < 4.78 is 20.1. The number of hydrogen-bond acceptors (Lipinski definition) is 4. The van der Waals surface area contributed by atoms with Crippen molar-refractivity contribution < 1.29 is 23.5 Å². The second-order valence-electron chi connectivity index (χ2n) is 8.26. The molecule has 0 radical (unpaired) electrons. The number of anilines is 1. The number of nitrogens with zero attached hydrogens (tertiary/aromatic N) is 2. The molecule has 1 aliphatic heterocycles. The second kappa shape index (κ2) is 14.8. The molecule has 1 heterocycles. The number of likely N-dealkylation sites (tertiary alicyclic amines) is 1. The molecule has 8 heteroatoms. The number of carbonyl (C=O) groups excluding carboxylic acids is 3. The van der Waals surface area contributed by atoms with Gasteiger partial charge in [0.2, 0.25) is 6.41 Å². The molecule has 3 amide bonds. The van der Waals surface area contributed by atoms with Gasteiger partial charge in [-0.1, -0.05) is 30.4 Å². The minimum absolute atomic E-state index is 0.0252. The zero-order valence-electron chi connectivity index (χ0n) is 21.5. The summed E-state index contributed by atoms with van der Waals surface area (Å²) in [6.07, 6.45) is 6.18. The third kappa shape index (κ3) is 7.75. The molecule has 0 aliphatic carbocycles. The lowest BCUT2D eigenvalue weighted by molar-refractivity contribution is -0.107. The highest BCUT2D eigenvalue weighted by atomic mass is 19.1. The number of hydrogen-bond donors (Lipinski definition) is 1. The van der Waals surface area contributed by atoms with Crippen molar-refractivity contribution in [3.05, 3.63) is 77.1 Å². The molecule has 1 aliphatic rings. The van der Waals surface area contributed by atoms with Crippen LogP contribution in [0, 0.1) is 5.82 Å². The summed E-state index contributed by atoms with van der Waals surface area (Å²) in [5.41, 5.74) is 1.33. The molecule has 0 spiro atoms. The summed E-state index contributed by atoms with van der Waals surface area (Å²) in [4.78, 5) is 39.9. The van der Waals surface area contributed by atoms with Crippen molar-refractivity contribution in [2.45, 2.75) is 46.3 Å². The SMILES string of the molecule is C/C=C\C.CCOC1CCN(C(=O)c2cc(CN(C=O)c3ccccc3C(=O)NC)ccc2F)CC1. The van der Waals surface area contributed by atoms with Gasteiger partial charge in [0.05, 0.1) is 29.5 Å². The fourth-order valence-electron chi connectivity index (χ4n) is 3.89. The molecule has 0 bridgehead atoms. The van der Waals surface area contributed by atoms with Crippen LogP contribution in [-0.4, -0.2) is 56.0 Å². The Bertz CT molecular complexity index is 1040. The van der Waals surface area contributed by atoms with Gasteiger partial charge >= 0.3 is 0 Å². The van der Waals surface area contributed by atoms with E-state index in [4.69, 9.17) is 4.74 Å². The van der Waals surface area contributed by atoms with E-state index in [2.05, 4.69) is 5.32 Å². The molecule has 3 rings (SSSR count). The maximum absolute atomic E-state index is 14.5. The molecule has 194 valence electrons. The lowest BCUT2D eigenvalue weighted by atomic mass is 10.0. The van der Waals surface area contributed by atoms with Gasteiger partial charge in [0.15, 0.2) is 0 Å². The molecule has 0 unspecified atom stereocenters. The van der Waals surface area contributed by atoms with E-state index in [1.54, 1.807) is 29.2 Å². The summed E-state index contributed by atoms with van der Waals surface area (Å²) in [6.45, 7) is 7.67. The Hall–Kier alpha value is -3.52. The second-order valence-corrected chi connectivity index (χ2v) is 8.26. The van der Waals surface area contributed by atoms with Crippen LogP contribution in [0.15, 0.2) is 54.6 Å².